The van der Waals surface area contributed by atoms with E-state index in [-0.39, 0.29) is 16.9 Å². The first kappa shape index (κ1) is 21.6. The molecule has 5 rings (SSSR count). The largest absolute Gasteiger partial charge is 0.507 e. The third-order valence-electron chi connectivity index (χ3n) is 6.27. The predicted molar refractivity (Wildman–Crippen MR) is 130 cm³/mol. The van der Waals surface area contributed by atoms with Crippen molar-refractivity contribution in [3.05, 3.63) is 107 Å². The van der Waals surface area contributed by atoms with Crippen LogP contribution in [0.1, 0.15) is 28.3 Å². The molecular formula is C28H23FN2O3. The van der Waals surface area contributed by atoms with E-state index in [1.165, 1.54) is 29.2 Å². The van der Waals surface area contributed by atoms with Crippen LogP contribution in [-0.2, 0) is 16.6 Å². The van der Waals surface area contributed by atoms with E-state index < -0.39 is 23.5 Å². The van der Waals surface area contributed by atoms with Crippen molar-refractivity contribution in [2.24, 2.45) is 7.05 Å². The maximum atomic E-state index is 13.5. The number of para-hydroxylation sites is 1. The van der Waals surface area contributed by atoms with Gasteiger partial charge in [-0.3, -0.25) is 14.5 Å². The van der Waals surface area contributed by atoms with E-state index in [4.69, 9.17) is 0 Å². The predicted octanol–water partition coefficient (Wildman–Crippen LogP) is 5.56. The number of anilines is 1. The summed E-state index contributed by atoms with van der Waals surface area (Å²) in [5.74, 6) is -2.29. The summed E-state index contributed by atoms with van der Waals surface area (Å²) in [4.78, 5) is 28.3. The van der Waals surface area contributed by atoms with Crippen molar-refractivity contribution < 1.29 is 19.1 Å². The minimum absolute atomic E-state index is 0.0212. The lowest BCUT2D eigenvalue weighted by molar-refractivity contribution is -0.132. The summed E-state index contributed by atoms with van der Waals surface area (Å²) in [5.41, 5.74) is 4.39. The van der Waals surface area contributed by atoms with Crippen LogP contribution in [0.4, 0.5) is 10.1 Å². The standard InChI is InChI=1S/C28H23FN2O3/c1-16-12-17(2)14-20(13-16)31-25(22-15-30(3)23-7-5-4-6-21(22)23)24(27(33)28(31)34)26(32)18-8-10-19(29)11-9-18/h4-15,25,32H,1-3H3/b26-24+. The molecule has 0 radical (unpaired) electrons. The van der Waals surface area contributed by atoms with E-state index >= 15 is 0 Å². The number of aromatic nitrogens is 1. The highest BCUT2D eigenvalue weighted by Gasteiger charge is 2.48. The van der Waals surface area contributed by atoms with Crippen molar-refractivity contribution in [1.29, 1.82) is 0 Å². The number of hydrogen-bond donors (Lipinski definition) is 1. The number of rotatable bonds is 3. The number of nitrogens with zero attached hydrogens (tertiary/aromatic N) is 2. The Morgan fingerprint density at radius 1 is 0.941 bits per heavy atom. The summed E-state index contributed by atoms with van der Waals surface area (Å²) in [6.07, 6.45) is 1.88. The molecule has 1 saturated heterocycles. The van der Waals surface area contributed by atoms with Crippen LogP contribution in [0, 0.1) is 19.7 Å². The molecule has 34 heavy (non-hydrogen) atoms. The summed E-state index contributed by atoms with van der Waals surface area (Å²) in [5, 5.41) is 12.1. The van der Waals surface area contributed by atoms with Gasteiger partial charge in [-0.15, -0.1) is 0 Å². The summed E-state index contributed by atoms with van der Waals surface area (Å²) >= 11 is 0. The molecule has 5 nitrogen and oxygen atoms in total. The topological polar surface area (TPSA) is 62.5 Å². The van der Waals surface area contributed by atoms with Gasteiger partial charge < -0.3 is 9.67 Å². The van der Waals surface area contributed by atoms with Crippen LogP contribution >= 0.6 is 0 Å². The smallest absolute Gasteiger partial charge is 0.300 e. The first-order valence-corrected chi connectivity index (χ1v) is 11.0. The number of aliphatic hydroxyl groups is 1. The number of benzene rings is 3. The second kappa shape index (κ2) is 7.99. The van der Waals surface area contributed by atoms with Gasteiger partial charge in [-0.25, -0.2) is 4.39 Å². The molecule has 6 heteroatoms. The first-order chi connectivity index (χ1) is 16.3. The van der Waals surface area contributed by atoms with Crippen LogP contribution in [0.2, 0.25) is 0 Å². The van der Waals surface area contributed by atoms with Crippen molar-refractivity contribution in [3.8, 4) is 0 Å². The molecular weight excluding hydrogens is 431 g/mol. The summed E-state index contributed by atoms with van der Waals surface area (Å²) in [6.45, 7) is 3.86. The van der Waals surface area contributed by atoms with Crippen molar-refractivity contribution in [1.82, 2.24) is 4.57 Å². The Bertz CT molecular complexity index is 1480. The van der Waals surface area contributed by atoms with E-state index in [1.807, 2.05) is 74.1 Å². The number of aliphatic hydroxyl groups excluding tert-OH is 1. The van der Waals surface area contributed by atoms with Crippen molar-refractivity contribution in [3.63, 3.8) is 0 Å². The van der Waals surface area contributed by atoms with Gasteiger partial charge >= 0.3 is 0 Å². The van der Waals surface area contributed by atoms with Crippen LogP contribution in [0.5, 0.6) is 0 Å². The zero-order valence-electron chi connectivity index (χ0n) is 19.0. The fraction of sp³-hybridized carbons (Fsp3) is 0.143. The number of fused-ring (bicyclic) bond motifs is 1. The van der Waals surface area contributed by atoms with Crippen molar-refractivity contribution in [2.45, 2.75) is 19.9 Å². The summed E-state index contributed by atoms with van der Waals surface area (Å²) in [6, 6.07) is 17.8. The Labute approximate surface area is 196 Å². The maximum Gasteiger partial charge on any atom is 0.300 e. The highest BCUT2D eigenvalue weighted by Crippen LogP contribution is 2.45. The van der Waals surface area contributed by atoms with Gasteiger partial charge in [-0.1, -0.05) is 24.3 Å². The van der Waals surface area contributed by atoms with E-state index in [9.17, 15) is 19.1 Å². The van der Waals surface area contributed by atoms with Gasteiger partial charge in [0, 0.05) is 41.0 Å². The normalized spacial score (nSPS) is 17.6. The average molecular weight is 455 g/mol. The fourth-order valence-electron chi connectivity index (χ4n) is 4.84. The second-order valence-electron chi connectivity index (χ2n) is 8.73. The Morgan fingerprint density at radius 3 is 2.26 bits per heavy atom. The number of carbonyl (C=O) groups excluding carboxylic acids is 2. The van der Waals surface area contributed by atoms with Gasteiger partial charge in [0.1, 0.15) is 11.6 Å². The van der Waals surface area contributed by atoms with Gasteiger partial charge in [-0.2, -0.15) is 0 Å². The molecule has 3 aromatic carbocycles. The third-order valence-corrected chi connectivity index (χ3v) is 6.27. The molecule has 4 aromatic rings. The zero-order chi connectivity index (χ0) is 24.1. The van der Waals surface area contributed by atoms with Crippen LogP contribution in [-0.4, -0.2) is 21.4 Å². The van der Waals surface area contributed by atoms with Gasteiger partial charge in [0.25, 0.3) is 11.7 Å². The highest BCUT2D eigenvalue weighted by atomic mass is 19.1. The quantitative estimate of drug-likeness (QED) is 0.250. The lowest BCUT2D eigenvalue weighted by Crippen LogP contribution is -2.29. The zero-order valence-corrected chi connectivity index (χ0v) is 19.0. The van der Waals surface area contributed by atoms with Crippen LogP contribution < -0.4 is 4.90 Å². The van der Waals surface area contributed by atoms with E-state index in [2.05, 4.69) is 0 Å². The molecule has 1 amide bonds. The Kier molecular flexibility index (Phi) is 5.09. The Hall–Kier alpha value is -4.19. The summed E-state index contributed by atoms with van der Waals surface area (Å²) in [7, 11) is 1.90. The molecule has 170 valence electrons. The molecule has 2 heterocycles. The van der Waals surface area contributed by atoms with E-state index in [0.29, 0.717) is 5.69 Å². The number of carbonyl (C=O) groups is 2. The fourth-order valence-corrected chi connectivity index (χ4v) is 4.84. The number of Topliss-reactive ketones (excluding diaryl/α,β-unsaturated/α-hetero) is 1. The van der Waals surface area contributed by atoms with Crippen LogP contribution in [0.25, 0.3) is 16.7 Å². The number of amides is 1. The van der Waals surface area contributed by atoms with Gasteiger partial charge in [0.05, 0.1) is 11.6 Å². The van der Waals surface area contributed by atoms with Crippen molar-refractivity contribution >= 4 is 34.0 Å². The summed E-state index contributed by atoms with van der Waals surface area (Å²) < 4.78 is 15.4. The number of ketones is 1. The van der Waals surface area contributed by atoms with Gasteiger partial charge in [0.2, 0.25) is 0 Å². The molecule has 0 saturated carbocycles. The van der Waals surface area contributed by atoms with Crippen LogP contribution in [0.3, 0.4) is 0 Å². The minimum atomic E-state index is -0.850. The molecule has 1 fully saturated rings. The monoisotopic (exact) mass is 454 g/mol. The molecule has 1 atom stereocenters. The molecule has 1 aliphatic heterocycles. The highest BCUT2D eigenvalue weighted by molar-refractivity contribution is 6.52. The van der Waals surface area contributed by atoms with E-state index in [0.717, 1.165) is 27.6 Å². The molecule has 0 bridgehead atoms. The lowest BCUT2D eigenvalue weighted by atomic mass is 9.94. The first-order valence-electron chi connectivity index (χ1n) is 11.0. The second-order valence-corrected chi connectivity index (χ2v) is 8.73. The van der Waals surface area contributed by atoms with Gasteiger partial charge in [0.15, 0.2) is 0 Å². The van der Waals surface area contributed by atoms with Crippen molar-refractivity contribution in [2.75, 3.05) is 4.90 Å². The third kappa shape index (κ3) is 3.39. The molecule has 0 aliphatic carbocycles. The average Bonchev–Trinajstić information content (AvgIpc) is 3.27. The maximum absolute atomic E-state index is 13.5. The lowest BCUT2D eigenvalue weighted by Gasteiger charge is -2.25. The minimum Gasteiger partial charge on any atom is -0.507 e. The van der Waals surface area contributed by atoms with Crippen LogP contribution in [0.15, 0.2) is 78.5 Å². The number of aryl methyl sites for hydroxylation is 3. The number of halogens is 1. The molecule has 1 unspecified atom stereocenters. The van der Waals surface area contributed by atoms with Gasteiger partial charge in [-0.05, 0) is 67.4 Å². The number of hydrogen-bond acceptors (Lipinski definition) is 3. The Morgan fingerprint density at radius 2 is 1.59 bits per heavy atom. The molecule has 1 N–H and O–H groups in total. The SMILES string of the molecule is Cc1cc(C)cc(N2C(=O)C(=O)/C(=C(/O)c3ccc(F)cc3)C2c2cn(C)c3ccccc23)c1. The molecule has 1 aromatic heterocycles. The molecule has 1 aliphatic rings. The Balaban J connectivity index is 1.82. The van der Waals surface area contributed by atoms with E-state index in [1.54, 1.807) is 0 Å². The molecule has 0 spiro atoms.